The van der Waals surface area contributed by atoms with Gasteiger partial charge in [0.15, 0.2) is 5.65 Å². The number of carbonyl (C=O) groups is 1. The summed E-state index contributed by atoms with van der Waals surface area (Å²) in [6, 6.07) is 17.3. The summed E-state index contributed by atoms with van der Waals surface area (Å²) in [5.41, 5.74) is 10.2. The first-order chi connectivity index (χ1) is 13.1. The van der Waals surface area contributed by atoms with Gasteiger partial charge in [-0.05, 0) is 37.6 Å². The van der Waals surface area contributed by atoms with Crippen molar-refractivity contribution in [1.29, 1.82) is 0 Å². The monoisotopic (exact) mass is 359 g/mol. The SMILES string of the molecule is CC[C@H](C)NC(=O)c1c(N)n(-c2ccccc2)c2nc3ccccc3nc12. The molecule has 0 fully saturated rings. The van der Waals surface area contributed by atoms with Gasteiger partial charge in [-0.1, -0.05) is 37.3 Å². The summed E-state index contributed by atoms with van der Waals surface area (Å²) in [6.45, 7) is 3.99. The number of carbonyl (C=O) groups excluding carboxylic acids is 1. The Hall–Kier alpha value is -3.41. The number of fused-ring (bicyclic) bond motifs is 2. The Balaban J connectivity index is 2.03. The minimum absolute atomic E-state index is 0.0421. The number of nitrogens with zero attached hydrogens (tertiary/aromatic N) is 3. The van der Waals surface area contributed by atoms with Crippen LogP contribution in [0.25, 0.3) is 27.9 Å². The van der Waals surface area contributed by atoms with E-state index in [0.29, 0.717) is 22.5 Å². The number of anilines is 1. The maximum absolute atomic E-state index is 13.0. The van der Waals surface area contributed by atoms with Crippen molar-refractivity contribution in [2.45, 2.75) is 26.3 Å². The van der Waals surface area contributed by atoms with Crippen LogP contribution >= 0.6 is 0 Å². The molecule has 0 bridgehead atoms. The number of rotatable bonds is 4. The molecule has 6 heteroatoms. The zero-order valence-electron chi connectivity index (χ0n) is 15.3. The van der Waals surface area contributed by atoms with E-state index in [1.165, 1.54) is 0 Å². The topological polar surface area (TPSA) is 85.8 Å². The highest BCUT2D eigenvalue weighted by Crippen LogP contribution is 2.30. The highest BCUT2D eigenvalue weighted by Gasteiger charge is 2.25. The van der Waals surface area contributed by atoms with E-state index in [1.54, 1.807) is 4.57 Å². The van der Waals surface area contributed by atoms with E-state index in [4.69, 9.17) is 15.7 Å². The van der Waals surface area contributed by atoms with Gasteiger partial charge in [0.25, 0.3) is 5.91 Å². The number of nitrogen functional groups attached to an aromatic ring is 1. The van der Waals surface area contributed by atoms with Gasteiger partial charge >= 0.3 is 0 Å². The van der Waals surface area contributed by atoms with Gasteiger partial charge in [0.2, 0.25) is 0 Å². The molecule has 6 nitrogen and oxygen atoms in total. The quantitative estimate of drug-likeness (QED) is 0.582. The minimum atomic E-state index is -0.230. The lowest BCUT2D eigenvalue weighted by atomic mass is 10.2. The molecule has 0 radical (unpaired) electrons. The average molecular weight is 359 g/mol. The smallest absolute Gasteiger partial charge is 0.257 e. The third-order valence-corrected chi connectivity index (χ3v) is 4.73. The lowest BCUT2D eigenvalue weighted by Crippen LogP contribution is -2.32. The lowest BCUT2D eigenvalue weighted by molar-refractivity contribution is 0.0941. The van der Waals surface area contributed by atoms with Crippen LogP contribution in [-0.2, 0) is 0 Å². The third-order valence-electron chi connectivity index (χ3n) is 4.73. The van der Waals surface area contributed by atoms with Crippen molar-refractivity contribution in [2.24, 2.45) is 0 Å². The van der Waals surface area contributed by atoms with Crippen LogP contribution in [0.4, 0.5) is 5.82 Å². The number of nitrogens with two attached hydrogens (primary N) is 1. The molecular formula is C21H21N5O. The van der Waals surface area contributed by atoms with Crippen LogP contribution in [0.15, 0.2) is 54.6 Å². The van der Waals surface area contributed by atoms with Gasteiger partial charge in [-0.15, -0.1) is 0 Å². The number of aromatic nitrogens is 3. The van der Waals surface area contributed by atoms with E-state index in [1.807, 2.05) is 68.4 Å². The van der Waals surface area contributed by atoms with Crippen LogP contribution in [0.5, 0.6) is 0 Å². The summed E-state index contributed by atoms with van der Waals surface area (Å²) in [5, 5.41) is 2.99. The number of hydrogen-bond acceptors (Lipinski definition) is 4. The van der Waals surface area contributed by atoms with Crippen molar-refractivity contribution in [3.63, 3.8) is 0 Å². The van der Waals surface area contributed by atoms with Crippen LogP contribution in [0, 0.1) is 0 Å². The van der Waals surface area contributed by atoms with Crippen LogP contribution in [-0.4, -0.2) is 26.5 Å². The molecule has 0 unspecified atom stereocenters. The Morgan fingerprint density at radius 3 is 2.37 bits per heavy atom. The Morgan fingerprint density at radius 1 is 1.07 bits per heavy atom. The van der Waals surface area contributed by atoms with Gasteiger partial charge in [-0.2, -0.15) is 0 Å². The summed E-state index contributed by atoms with van der Waals surface area (Å²) in [7, 11) is 0. The minimum Gasteiger partial charge on any atom is -0.384 e. The molecule has 4 aromatic rings. The number of benzene rings is 2. The van der Waals surface area contributed by atoms with E-state index in [9.17, 15) is 4.79 Å². The average Bonchev–Trinajstić information content (AvgIpc) is 2.97. The van der Waals surface area contributed by atoms with Crippen molar-refractivity contribution in [2.75, 3.05) is 5.73 Å². The van der Waals surface area contributed by atoms with Gasteiger partial charge in [0.05, 0.1) is 11.0 Å². The largest absolute Gasteiger partial charge is 0.384 e. The van der Waals surface area contributed by atoms with Crippen LogP contribution in [0.1, 0.15) is 30.6 Å². The number of hydrogen-bond donors (Lipinski definition) is 2. The molecule has 0 spiro atoms. The van der Waals surface area contributed by atoms with E-state index >= 15 is 0 Å². The van der Waals surface area contributed by atoms with Crippen LogP contribution in [0.3, 0.4) is 0 Å². The molecule has 2 aromatic carbocycles. The van der Waals surface area contributed by atoms with Gasteiger partial charge < -0.3 is 11.1 Å². The molecule has 0 aliphatic heterocycles. The van der Waals surface area contributed by atoms with Crippen LogP contribution in [0.2, 0.25) is 0 Å². The van der Waals surface area contributed by atoms with E-state index in [2.05, 4.69) is 5.32 Å². The van der Waals surface area contributed by atoms with Crippen LogP contribution < -0.4 is 11.1 Å². The van der Waals surface area contributed by atoms with Crippen molar-refractivity contribution >= 4 is 33.9 Å². The fourth-order valence-corrected chi connectivity index (χ4v) is 3.12. The molecule has 136 valence electrons. The summed E-state index contributed by atoms with van der Waals surface area (Å²) < 4.78 is 1.79. The first kappa shape index (κ1) is 17.0. The molecule has 1 atom stereocenters. The summed E-state index contributed by atoms with van der Waals surface area (Å²) in [5.74, 6) is 0.110. The maximum atomic E-state index is 13.0. The van der Waals surface area contributed by atoms with Gasteiger partial charge in [-0.3, -0.25) is 9.36 Å². The fourth-order valence-electron chi connectivity index (χ4n) is 3.12. The second kappa shape index (κ2) is 6.72. The first-order valence-electron chi connectivity index (χ1n) is 9.03. The van der Waals surface area contributed by atoms with E-state index < -0.39 is 0 Å². The summed E-state index contributed by atoms with van der Waals surface area (Å²) >= 11 is 0. The molecule has 0 saturated carbocycles. The standard InChI is InChI=1S/C21H21N5O/c1-3-13(2)23-21(27)17-18-20(25-16-12-8-7-11-15(16)24-18)26(19(17)22)14-9-5-4-6-10-14/h4-13H,3,22H2,1-2H3,(H,23,27)/t13-/m0/s1. The first-order valence-corrected chi connectivity index (χ1v) is 9.03. The van der Waals surface area contributed by atoms with Crippen molar-refractivity contribution in [1.82, 2.24) is 19.9 Å². The molecule has 2 aromatic heterocycles. The van der Waals surface area contributed by atoms with Gasteiger partial charge in [0, 0.05) is 11.7 Å². The number of amides is 1. The number of nitrogens with one attached hydrogen (secondary N) is 1. The highest BCUT2D eigenvalue weighted by molar-refractivity contribution is 6.11. The lowest BCUT2D eigenvalue weighted by Gasteiger charge is -2.11. The van der Waals surface area contributed by atoms with E-state index in [-0.39, 0.29) is 11.9 Å². The second-order valence-electron chi connectivity index (χ2n) is 6.60. The third kappa shape index (κ3) is 2.89. The molecular weight excluding hydrogens is 338 g/mol. The zero-order chi connectivity index (χ0) is 19.0. The predicted molar refractivity (Wildman–Crippen MR) is 108 cm³/mol. The molecule has 3 N–H and O–H groups in total. The van der Waals surface area contributed by atoms with Crippen molar-refractivity contribution in [3.8, 4) is 5.69 Å². The molecule has 4 rings (SSSR count). The number of para-hydroxylation sites is 3. The van der Waals surface area contributed by atoms with Gasteiger partial charge in [-0.25, -0.2) is 9.97 Å². The van der Waals surface area contributed by atoms with E-state index in [0.717, 1.165) is 23.1 Å². The molecule has 1 amide bonds. The molecule has 0 saturated heterocycles. The Morgan fingerprint density at radius 2 is 1.70 bits per heavy atom. The molecule has 27 heavy (non-hydrogen) atoms. The van der Waals surface area contributed by atoms with Gasteiger partial charge in [0.1, 0.15) is 16.9 Å². The highest BCUT2D eigenvalue weighted by atomic mass is 16.1. The zero-order valence-corrected chi connectivity index (χ0v) is 15.3. The maximum Gasteiger partial charge on any atom is 0.257 e. The van der Waals surface area contributed by atoms with Crippen molar-refractivity contribution < 1.29 is 4.79 Å². The molecule has 0 aliphatic carbocycles. The summed E-state index contributed by atoms with van der Waals surface area (Å²) in [6.07, 6.45) is 0.831. The molecule has 2 heterocycles. The fraction of sp³-hybridized carbons (Fsp3) is 0.190. The normalized spacial score (nSPS) is 12.4. The second-order valence-corrected chi connectivity index (χ2v) is 6.60. The Bertz CT molecular complexity index is 1130. The Labute approximate surface area is 157 Å². The molecule has 0 aliphatic rings. The van der Waals surface area contributed by atoms with Crippen molar-refractivity contribution in [3.05, 3.63) is 60.2 Å². The Kier molecular flexibility index (Phi) is 4.24. The predicted octanol–water partition coefficient (Wildman–Crippen LogP) is 3.68. The summed E-state index contributed by atoms with van der Waals surface area (Å²) in [4.78, 5) is 22.4.